The van der Waals surface area contributed by atoms with Crippen molar-refractivity contribution in [3.8, 4) is 0 Å². The SMILES string of the molecule is C=C1CCC2C3CCC4=CC(=O)C=CC4(C)C3CCC12C. The maximum absolute atomic E-state index is 11.7. The number of carbonyl (C=O) groups is 1. The predicted molar refractivity (Wildman–Crippen MR) is 85.8 cm³/mol. The molecule has 0 bridgehead atoms. The minimum absolute atomic E-state index is 0.141. The fourth-order valence-electron chi connectivity index (χ4n) is 6.10. The highest BCUT2D eigenvalue weighted by molar-refractivity contribution is 6.01. The predicted octanol–water partition coefficient (Wildman–Crippen LogP) is 4.85. The van der Waals surface area contributed by atoms with Gasteiger partial charge in [0.25, 0.3) is 0 Å². The fourth-order valence-corrected chi connectivity index (χ4v) is 6.10. The van der Waals surface area contributed by atoms with Crippen LogP contribution in [-0.4, -0.2) is 5.78 Å². The van der Waals surface area contributed by atoms with Crippen LogP contribution in [0.4, 0.5) is 0 Å². The summed E-state index contributed by atoms with van der Waals surface area (Å²) in [4.78, 5) is 11.7. The van der Waals surface area contributed by atoms with E-state index in [1.165, 1.54) is 43.3 Å². The molecule has 0 heterocycles. The lowest BCUT2D eigenvalue weighted by Crippen LogP contribution is -2.48. The van der Waals surface area contributed by atoms with Gasteiger partial charge in [-0.2, -0.15) is 0 Å². The summed E-state index contributed by atoms with van der Waals surface area (Å²) in [5.74, 6) is 2.57. The number of rotatable bonds is 0. The second-order valence-corrected chi connectivity index (χ2v) is 8.20. The molecular weight excluding hydrogens is 256 g/mol. The van der Waals surface area contributed by atoms with Crippen LogP contribution in [0, 0.1) is 28.6 Å². The van der Waals surface area contributed by atoms with Crippen molar-refractivity contribution in [2.24, 2.45) is 28.6 Å². The standard InChI is InChI=1S/C20H26O/c1-13-4-7-17-16-6-5-14-12-15(21)8-10-20(14,3)18(16)9-11-19(13,17)2/h8,10,12,16-18H,1,4-7,9,11H2,2-3H3. The van der Waals surface area contributed by atoms with E-state index in [0.29, 0.717) is 5.41 Å². The maximum atomic E-state index is 11.7. The third-order valence-corrected chi connectivity index (χ3v) is 7.51. The fraction of sp³-hybridized carbons (Fsp3) is 0.650. The number of allylic oxidation sites excluding steroid dienone is 5. The number of ketones is 1. The Morgan fingerprint density at radius 2 is 1.95 bits per heavy atom. The summed E-state index contributed by atoms with van der Waals surface area (Å²) in [6.45, 7) is 9.24. The van der Waals surface area contributed by atoms with Gasteiger partial charge in [-0.3, -0.25) is 4.79 Å². The molecule has 0 spiro atoms. The van der Waals surface area contributed by atoms with Gasteiger partial charge in [-0.1, -0.05) is 37.6 Å². The molecule has 3 saturated carbocycles. The molecule has 4 aliphatic rings. The van der Waals surface area contributed by atoms with E-state index in [9.17, 15) is 4.79 Å². The van der Waals surface area contributed by atoms with Gasteiger partial charge in [0.1, 0.15) is 0 Å². The van der Waals surface area contributed by atoms with Crippen molar-refractivity contribution >= 4 is 5.78 Å². The van der Waals surface area contributed by atoms with Crippen LogP contribution in [-0.2, 0) is 4.79 Å². The molecule has 3 fully saturated rings. The summed E-state index contributed by atoms with van der Waals surface area (Å²) in [5.41, 5.74) is 3.44. The zero-order valence-electron chi connectivity index (χ0n) is 13.3. The van der Waals surface area contributed by atoms with Gasteiger partial charge in [-0.15, -0.1) is 0 Å². The van der Waals surface area contributed by atoms with E-state index in [-0.39, 0.29) is 11.2 Å². The average molecular weight is 282 g/mol. The van der Waals surface area contributed by atoms with E-state index in [4.69, 9.17) is 0 Å². The summed E-state index contributed by atoms with van der Waals surface area (Å²) in [6, 6.07) is 0. The first-order valence-corrected chi connectivity index (χ1v) is 8.58. The molecule has 1 heteroatoms. The van der Waals surface area contributed by atoms with Gasteiger partial charge in [-0.25, -0.2) is 0 Å². The smallest absolute Gasteiger partial charge is 0.178 e. The number of hydrogen-bond donors (Lipinski definition) is 0. The van der Waals surface area contributed by atoms with Gasteiger partial charge in [0, 0.05) is 5.41 Å². The van der Waals surface area contributed by atoms with Gasteiger partial charge in [-0.05, 0) is 73.8 Å². The van der Waals surface area contributed by atoms with Crippen LogP contribution in [0.25, 0.3) is 0 Å². The third-order valence-electron chi connectivity index (χ3n) is 7.51. The number of hydrogen-bond acceptors (Lipinski definition) is 1. The summed E-state index contributed by atoms with van der Waals surface area (Å²) < 4.78 is 0. The first-order valence-electron chi connectivity index (χ1n) is 8.58. The van der Waals surface area contributed by atoms with Gasteiger partial charge in [0.05, 0.1) is 0 Å². The van der Waals surface area contributed by atoms with Crippen LogP contribution in [0.1, 0.15) is 52.4 Å². The molecule has 0 saturated heterocycles. The normalized spacial score (nSPS) is 48.5. The lowest BCUT2D eigenvalue weighted by atomic mass is 9.48. The van der Waals surface area contributed by atoms with Crippen molar-refractivity contribution < 1.29 is 4.79 Å². The first kappa shape index (κ1) is 13.5. The summed E-state index contributed by atoms with van der Waals surface area (Å²) >= 11 is 0. The zero-order valence-corrected chi connectivity index (χ0v) is 13.3. The Morgan fingerprint density at radius 1 is 1.14 bits per heavy atom. The van der Waals surface area contributed by atoms with Crippen molar-refractivity contribution in [2.45, 2.75) is 52.4 Å². The maximum Gasteiger partial charge on any atom is 0.178 e. The van der Waals surface area contributed by atoms with Crippen LogP contribution >= 0.6 is 0 Å². The van der Waals surface area contributed by atoms with E-state index in [1.54, 1.807) is 0 Å². The lowest BCUT2D eigenvalue weighted by Gasteiger charge is -2.56. The Balaban J connectivity index is 1.72. The van der Waals surface area contributed by atoms with Gasteiger partial charge >= 0.3 is 0 Å². The van der Waals surface area contributed by atoms with Crippen molar-refractivity contribution in [1.29, 1.82) is 0 Å². The van der Waals surface area contributed by atoms with Crippen molar-refractivity contribution in [1.82, 2.24) is 0 Å². The molecule has 0 N–H and O–H groups in total. The van der Waals surface area contributed by atoms with E-state index < -0.39 is 0 Å². The minimum Gasteiger partial charge on any atom is -0.290 e. The highest BCUT2D eigenvalue weighted by atomic mass is 16.1. The lowest BCUT2D eigenvalue weighted by molar-refractivity contribution is -0.111. The second-order valence-electron chi connectivity index (χ2n) is 8.20. The molecule has 4 aliphatic carbocycles. The number of fused-ring (bicyclic) bond motifs is 5. The Morgan fingerprint density at radius 3 is 2.76 bits per heavy atom. The highest BCUT2D eigenvalue weighted by Gasteiger charge is 2.56. The zero-order chi connectivity index (χ0) is 14.8. The molecule has 0 aromatic heterocycles. The van der Waals surface area contributed by atoms with E-state index >= 15 is 0 Å². The van der Waals surface area contributed by atoms with E-state index in [0.717, 1.165) is 24.2 Å². The number of carbonyl (C=O) groups excluding carboxylic acids is 1. The van der Waals surface area contributed by atoms with Gasteiger partial charge < -0.3 is 0 Å². The van der Waals surface area contributed by atoms with E-state index in [2.05, 4.69) is 26.5 Å². The molecule has 0 radical (unpaired) electrons. The minimum atomic E-state index is 0.141. The molecular formula is C20H26O. The summed E-state index contributed by atoms with van der Waals surface area (Å²) in [5, 5.41) is 0. The molecule has 112 valence electrons. The molecule has 21 heavy (non-hydrogen) atoms. The summed E-state index contributed by atoms with van der Waals surface area (Å²) in [6.07, 6.45) is 13.5. The molecule has 1 nitrogen and oxygen atoms in total. The Labute approximate surface area is 128 Å². The Kier molecular flexibility index (Phi) is 2.72. The van der Waals surface area contributed by atoms with E-state index in [1.807, 2.05) is 12.2 Å². The molecule has 0 amide bonds. The molecule has 0 aliphatic heterocycles. The molecule has 5 unspecified atom stereocenters. The van der Waals surface area contributed by atoms with Gasteiger partial charge in [0.2, 0.25) is 0 Å². The topological polar surface area (TPSA) is 17.1 Å². The van der Waals surface area contributed by atoms with Crippen LogP contribution in [0.3, 0.4) is 0 Å². The Hall–Kier alpha value is -1.11. The van der Waals surface area contributed by atoms with Gasteiger partial charge in [0.15, 0.2) is 5.78 Å². The average Bonchev–Trinajstić information content (AvgIpc) is 2.76. The Bertz CT molecular complexity index is 581. The van der Waals surface area contributed by atoms with Crippen LogP contribution < -0.4 is 0 Å². The first-order chi connectivity index (χ1) is 9.95. The van der Waals surface area contributed by atoms with Crippen LogP contribution in [0.2, 0.25) is 0 Å². The van der Waals surface area contributed by atoms with Crippen molar-refractivity contribution in [3.05, 3.63) is 36.0 Å². The summed E-state index contributed by atoms with van der Waals surface area (Å²) in [7, 11) is 0. The quantitative estimate of drug-likeness (QED) is 0.580. The molecule has 5 atom stereocenters. The van der Waals surface area contributed by atoms with Crippen LogP contribution in [0.15, 0.2) is 36.0 Å². The molecule has 4 rings (SSSR count). The second kappa shape index (κ2) is 4.21. The monoisotopic (exact) mass is 282 g/mol. The highest BCUT2D eigenvalue weighted by Crippen LogP contribution is 2.65. The van der Waals surface area contributed by atoms with Crippen molar-refractivity contribution in [2.75, 3.05) is 0 Å². The molecule has 0 aromatic rings. The third kappa shape index (κ3) is 1.67. The largest absolute Gasteiger partial charge is 0.290 e. The van der Waals surface area contributed by atoms with Crippen LogP contribution in [0.5, 0.6) is 0 Å². The molecule has 0 aromatic carbocycles. The van der Waals surface area contributed by atoms with Crippen molar-refractivity contribution in [3.63, 3.8) is 0 Å².